The Balaban J connectivity index is 2.55. The molecule has 0 radical (unpaired) electrons. The molecule has 17 heavy (non-hydrogen) atoms. The van der Waals surface area contributed by atoms with Gasteiger partial charge in [-0.25, -0.2) is 0 Å². The van der Waals surface area contributed by atoms with Crippen molar-refractivity contribution in [3.8, 4) is 0 Å². The van der Waals surface area contributed by atoms with Crippen molar-refractivity contribution in [2.45, 2.75) is 50.7 Å². The molecule has 1 fully saturated rings. The van der Waals surface area contributed by atoms with E-state index >= 15 is 0 Å². The summed E-state index contributed by atoms with van der Waals surface area (Å²) in [4.78, 5) is 11.9. The van der Waals surface area contributed by atoms with Gasteiger partial charge in [0.25, 0.3) is 0 Å². The first-order valence-electron chi connectivity index (χ1n) is 5.91. The molecule has 6 heteroatoms. The van der Waals surface area contributed by atoms with Crippen LogP contribution >= 0.6 is 0 Å². The van der Waals surface area contributed by atoms with Gasteiger partial charge in [0.1, 0.15) is 0 Å². The maximum atomic E-state index is 12.4. The minimum Gasteiger partial charge on any atom is -0.481 e. The second-order valence-corrected chi connectivity index (χ2v) is 4.52. The SMILES string of the molecule is O=C(O)CCC1CCCCCN1CC(F)(F)F. The Kier molecular flexibility index (Phi) is 5.24. The molecule has 0 aromatic rings. The molecule has 0 amide bonds. The van der Waals surface area contributed by atoms with Crippen LogP contribution in [0.5, 0.6) is 0 Å². The van der Waals surface area contributed by atoms with E-state index in [0.717, 1.165) is 19.3 Å². The quantitative estimate of drug-likeness (QED) is 0.837. The maximum absolute atomic E-state index is 12.4. The summed E-state index contributed by atoms with van der Waals surface area (Å²) in [7, 11) is 0. The first-order chi connectivity index (χ1) is 7.88. The number of likely N-dealkylation sites (tertiary alicyclic amines) is 1. The summed E-state index contributed by atoms with van der Waals surface area (Å²) >= 11 is 0. The number of carboxylic acids is 1. The molecule has 0 saturated carbocycles. The average molecular weight is 253 g/mol. The number of halogens is 3. The van der Waals surface area contributed by atoms with Gasteiger partial charge in [0.15, 0.2) is 0 Å². The normalized spacial score (nSPS) is 23.4. The monoisotopic (exact) mass is 253 g/mol. The Hall–Kier alpha value is -0.780. The lowest BCUT2D eigenvalue weighted by Crippen LogP contribution is -2.41. The highest BCUT2D eigenvalue weighted by molar-refractivity contribution is 5.66. The van der Waals surface area contributed by atoms with E-state index in [0.29, 0.717) is 19.4 Å². The van der Waals surface area contributed by atoms with Crippen LogP contribution in [0.25, 0.3) is 0 Å². The van der Waals surface area contributed by atoms with Gasteiger partial charge in [-0.15, -0.1) is 0 Å². The Morgan fingerprint density at radius 1 is 1.29 bits per heavy atom. The van der Waals surface area contributed by atoms with Gasteiger partial charge >= 0.3 is 12.1 Å². The fourth-order valence-electron chi connectivity index (χ4n) is 2.29. The molecule has 3 nitrogen and oxygen atoms in total. The summed E-state index contributed by atoms with van der Waals surface area (Å²) < 4.78 is 37.2. The van der Waals surface area contributed by atoms with E-state index in [1.165, 1.54) is 4.90 Å². The van der Waals surface area contributed by atoms with Crippen molar-refractivity contribution in [3.63, 3.8) is 0 Å². The number of nitrogens with zero attached hydrogens (tertiary/aromatic N) is 1. The van der Waals surface area contributed by atoms with Crippen LogP contribution in [0.4, 0.5) is 13.2 Å². The van der Waals surface area contributed by atoms with E-state index < -0.39 is 18.7 Å². The summed E-state index contributed by atoms with van der Waals surface area (Å²) in [6.45, 7) is -0.499. The number of aliphatic carboxylic acids is 1. The smallest absolute Gasteiger partial charge is 0.401 e. The molecule has 1 aliphatic rings. The minimum atomic E-state index is -4.20. The molecule has 1 heterocycles. The van der Waals surface area contributed by atoms with Crippen LogP contribution in [-0.2, 0) is 4.79 Å². The predicted molar refractivity (Wildman–Crippen MR) is 56.8 cm³/mol. The number of alkyl halides is 3. The van der Waals surface area contributed by atoms with E-state index in [9.17, 15) is 18.0 Å². The van der Waals surface area contributed by atoms with Gasteiger partial charge in [-0.05, 0) is 25.8 Å². The van der Waals surface area contributed by atoms with Crippen LogP contribution in [0.15, 0.2) is 0 Å². The van der Waals surface area contributed by atoms with Gasteiger partial charge in [0.05, 0.1) is 6.54 Å². The van der Waals surface area contributed by atoms with Crippen molar-refractivity contribution in [2.75, 3.05) is 13.1 Å². The zero-order chi connectivity index (χ0) is 12.9. The molecular formula is C11H18F3NO2. The molecule has 0 aromatic carbocycles. The highest BCUT2D eigenvalue weighted by Crippen LogP contribution is 2.25. The Bertz CT molecular complexity index is 256. The standard InChI is InChI=1S/C11H18F3NO2/c12-11(13,14)8-15-7-3-1-2-4-9(15)5-6-10(16)17/h9H,1-8H2,(H,16,17). The molecule has 1 unspecified atom stereocenters. The lowest BCUT2D eigenvalue weighted by atomic mass is 10.0. The molecule has 1 saturated heterocycles. The van der Waals surface area contributed by atoms with Gasteiger partial charge in [-0.1, -0.05) is 12.8 Å². The van der Waals surface area contributed by atoms with Crippen molar-refractivity contribution in [2.24, 2.45) is 0 Å². The molecule has 1 rings (SSSR count). The average Bonchev–Trinajstić information content (AvgIpc) is 2.38. The first kappa shape index (κ1) is 14.3. The second-order valence-electron chi connectivity index (χ2n) is 4.52. The summed E-state index contributed by atoms with van der Waals surface area (Å²) in [6, 6.07) is -0.241. The summed E-state index contributed by atoms with van der Waals surface area (Å²) in [5.74, 6) is -0.943. The fraction of sp³-hybridized carbons (Fsp3) is 0.909. The fourth-order valence-corrected chi connectivity index (χ4v) is 2.29. The van der Waals surface area contributed by atoms with E-state index in [-0.39, 0.29) is 12.5 Å². The zero-order valence-corrected chi connectivity index (χ0v) is 9.67. The molecule has 1 atom stereocenters. The Morgan fingerprint density at radius 3 is 2.59 bits per heavy atom. The Labute approximate surface area is 98.6 Å². The lowest BCUT2D eigenvalue weighted by Gasteiger charge is -2.30. The molecule has 0 bridgehead atoms. The minimum absolute atomic E-state index is 0.0565. The molecule has 100 valence electrons. The van der Waals surface area contributed by atoms with Gasteiger partial charge in [0, 0.05) is 12.5 Å². The third-order valence-electron chi connectivity index (χ3n) is 3.07. The van der Waals surface area contributed by atoms with Crippen LogP contribution in [0.1, 0.15) is 38.5 Å². The van der Waals surface area contributed by atoms with E-state index in [1.807, 2.05) is 0 Å². The summed E-state index contributed by atoms with van der Waals surface area (Å²) in [5, 5.41) is 8.59. The zero-order valence-electron chi connectivity index (χ0n) is 9.67. The van der Waals surface area contributed by atoms with Crippen molar-refractivity contribution >= 4 is 5.97 Å². The third kappa shape index (κ3) is 5.91. The maximum Gasteiger partial charge on any atom is 0.401 e. The van der Waals surface area contributed by atoms with Crippen LogP contribution in [-0.4, -0.2) is 41.3 Å². The van der Waals surface area contributed by atoms with Gasteiger partial charge < -0.3 is 5.11 Å². The number of carboxylic acid groups (broad SMARTS) is 1. The number of rotatable bonds is 4. The molecule has 0 spiro atoms. The molecule has 0 aliphatic carbocycles. The lowest BCUT2D eigenvalue weighted by molar-refractivity contribution is -0.151. The predicted octanol–water partition coefficient (Wildman–Crippen LogP) is 2.66. The Morgan fingerprint density at radius 2 is 2.00 bits per heavy atom. The molecular weight excluding hydrogens is 235 g/mol. The van der Waals surface area contributed by atoms with Crippen LogP contribution < -0.4 is 0 Å². The number of carbonyl (C=O) groups is 1. The van der Waals surface area contributed by atoms with Crippen molar-refractivity contribution < 1.29 is 23.1 Å². The number of hydrogen-bond acceptors (Lipinski definition) is 2. The van der Waals surface area contributed by atoms with Crippen LogP contribution in [0, 0.1) is 0 Å². The highest BCUT2D eigenvalue weighted by atomic mass is 19.4. The van der Waals surface area contributed by atoms with Crippen molar-refractivity contribution in [3.05, 3.63) is 0 Å². The largest absolute Gasteiger partial charge is 0.481 e. The van der Waals surface area contributed by atoms with Crippen molar-refractivity contribution in [1.29, 1.82) is 0 Å². The van der Waals surface area contributed by atoms with Gasteiger partial charge in [-0.3, -0.25) is 9.69 Å². The van der Waals surface area contributed by atoms with Gasteiger partial charge in [0.2, 0.25) is 0 Å². The highest BCUT2D eigenvalue weighted by Gasteiger charge is 2.34. The summed E-state index contributed by atoms with van der Waals surface area (Å²) in [6.07, 6.45) is -0.699. The third-order valence-corrected chi connectivity index (χ3v) is 3.07. The van der Waals surface area contributed by atoms with Crippen LogP contribution in [0.2, 0.25) is 0 Å². The molecule has 1 N–H and O–H groups in total. The van der Waals surface area contributed by atoms with Crippen molar-refractivity contribution in [1.82, 2.24) is 4.90 Å². The van der Waals surface area contributed by atoms with Gasteiger partial charge in [-0.2, -0.15) is 13.2 Å². The van der Waals surface area contributed by atoms with E-state index in [1.54, 1.807) is 0 Å². The molecule has 1 aliphatic heterocycles. The van der Waals surface area contributed by atoms with Crippen LogP contribution in [0.3, 0.4) is 0 Å². The van der Waals surface area contributed by atoms with E-state index in [2.05, 4.69) is 0 Å². The summed E-state index contributed by atoms with van der Waals surface area (Å²) in [5.41, 5.74) is 0. The second kappa shape index (κ2) is 6.23. The van der Waals surface area contributed by atoms with E-state index in [4.69, 9.17) is 5.11 Å². The first-order valence-corrected chi connectivity index (χ1v) is 5.91. The topological polar surface area (TPSA) is 40.5 Å². The molecule has 0 aromatic heterocycles. The number of hydrogen-bond donors (Lipinski definition) is 1.